The molecule has 1 fully saturated rings. The maximum atomic E-state index is 12.0. The quantitative estimate of drug-likeness (QED) is 0.526. The fraction of sp³-hybridized carbons (Fsp3) is 0.727. The van der Waals surface area contributed by atoms with Crippen LogP contribution in [0.5, 0.6) is 0 Å². The topological polar surface area (TPSA) is 119 Å². The molecular formula is C11H20N4O3S. The second kappa shape index (κ2) is 6.86. The number of hydrogen-bond donors (Lipinski definition) is 3. The van der Waals surface area contributed by atoms with Gasteiger partial charge in [0.25, 0.3) is 10.2 Å². The first-order valence-electron chi connectivity index (χ1n) is 6.08. The van der Waals surface area contributed by atoms with Crippen LogP contribution in [-0.2, 0) is 15.0 Å². The molecule has 0 saturated carbocycles. The summed E-state index contributed by atoms with van der Waals surface area (Å²) in [5, 5.41) is 4.87. The Morgan fingerprint density at radius 2 is 2.26 bits per heavy atom. The first-order valence-corrected chi connectivity index (χ1v) is 7.63. The molecule has 1 saturated heterocycles. The van der Waals surface area contributed by atoms with E-state index in [1.165, 1.54) is 0 Å². The van der Waals surface area contributed by atoms with Crippen molar-refractivity contribution in [2.75, 3.05) is 19.6 Å². The van der Waals surface area contributed by atoms with Crippen LogP contribution in [0, 0.1) is 18.3 Å². The van der Waals surface area contributed by atoms with Crippen LogP contribution < -0.4 is 15.6 Å². The number of carbonyl (C=O) groups is 1. The number of nitrogens with zero attached hydrogens (tertiary/aromatic N) is 1. The summed E-state index contributed by atoms with van der Waals surface area (Å²) >= 11 is 0. The molecular weight excluding hydrogens is 268 g/mol. The Hall–Kier alpha value is -1.14. The number of piperidine rings is 1. The van der Waals surface area contributed by atoms with Gasteiger partial charge in [-0.15, -0.1) is 12.3 Å². The van der Waals surface area contributed by atoms with Crippen LogP contribution in [0.25, 0.3) is 0 Å². The fourth-order valence-corrected chi connectivity index (χ4v) is 2.58. The van der Waals surface area contributed by atoms with Crippen LogP contribution in [0.4, 0.5) is 0 Å². The highest BCUT2D eigenvalue weighted by Gasteiger charge is 2.27. The summed E-state index contributed by atoms with van der Waals surface area (Å²) < 4.78 is 23.9. The summed E-state index contributed by atoms with van der Waals surface area (Å²) in [4.78, 5) is 13.6. The first kappa shape index (κ1) is 15.9. The van der Waals surface area contributed by atoms with E-state index in [9.17, 15) is 13.2 Å². The van der Waals surface area contributed by atoms with Crippen molar-refractivity contribution in [2.45, 2.75) is 25.3 Å². The molecule has 0 aromatic heterocycles. The second-order valence-electron chi connectivity index (χ2n) is 4.70. The van der Waals surface area contributed by atoms with Crippen molar-refractivity contribution in [2.24, 2.45) is 16.8 Å². The summed E-state index contributed by atoms with van der Waals surface area (Å²) in [7, 11) is -3.69. The number of rotatable bonds is 5. The number of nitrogens with two attached hydrogens (primary N) is 2. The highest BCUT2D eigenvalue weighted by Crippen LogP contribution is 2.16. The highest BCUT2D eigenvalue weighted by atomic mass is 32.2. The summed E-state index contributed by atoms with van der Waals surface area (Å²) in [5.41, 5.74) is 5.68. The van der Waals surface area contributed by atoms with Gasteiger partial charge in [-0.05, 0) is 18.8 Å². The van der Waals surface area contributed by atoms with E-state index in [-0.39, 0.29) is 24.8 Å². The van der Waals surface area contributed by atoms with Crippen molar-refractivity contribution in [1.29, 1.82) is 0 Å². The third-order valence-corrected chi connectivity index (χ3v) is 3.63. The summed E-state index contributed by atoms with van der Waals surface area (Å²) in [6.45, 7) is 1.33. The lowest BCUT2D eigenvalue weighted by atomic mass is 9.97. The smallest absolute Gasteiger partial charge is 0.274 e. The minimum absolute atomic E-state index is 0.0501. The highest BCUT2D eigenvalue weighted by molar-refractivity contribution is 7.87. The normalized spacial score (nSPS) is 21.7. The number of terminal acetylenes is 1. The molecule has 2 unspecified atom stereocenters. The van der Waals surface area contributed by atoms with Crippen molar-refractivity contribution >= 4 is 16.1 Å². The zero-order valence-electron chi connectivity index (χ0n) is 10.7. The molecule has 1 rings (SSSR count). The predicted molar refractivity (Wildman–Crippen MR) is 71.8 cm³/mol. The number of likely N-dealkylation sites (tertiary alicyclic amines) is 1. The van der Waals surface area contributed by atoms with Crippen LogP contribution in [0.2, 0.25) is 0 Å². The van der Waals surface area contributed by atoms with Gasteiger partial charge >= 0.3 is 0 Å². The van der Waals surface area contributed by atoms with Gasteiger partial charge in [-0.2, -0.15) is 8.42 Å². The summed E-state index contributed by atoms with van der Waals surface area (Å²) in [6.07, 6.45) is 6.99. The molecule has 7 nitrogen and oxygen atoms in total. The Kier molecular flexibility index (Phi) is 5.75. The van der Waals surface area contributed by atoms with E-state index in [4.69, 9.17) is 17.3 Å². The standard InChI is InChI=1S/C11H20N4O3S/c1-2-4-10(12)11(16)15-6-3-5-9(8-15)7-14-19(13,17)18/h1,9-10,14H,3-8,12H2,(H2,13,17,18). The van der Waals surface area contributed by atoms with E-state index >= 15 is 0 Å². The van der Waals surface area contributed by atoms with Crippen LogP contribution >= 0.6 is 0 Å². The van der Waals surface area contributed by atoms with Crippen molar-refractivity contribution in [1.82, 2.24) is 9.62 Å². The monoisotopic (exact) mass is 288 g/mol. The van der Waals surface area contributed by atoms with Crippen molar-refractivity contribution in [3.63, 3.8) is 0 Å². The van der Waals surface area contributed by atoms with Crippen LogP contribution in [0.3, 0.4) is 0 Å². The average molecular weight is 288 g/mol. The van der Waals surface area contributed by atoms with Crippen LogP contribution in [0.15, 0.2) is 0 Å². The molecule has 0 aromatic rings. The molecule has 108 valence electrons. The van der Waals surface area contributed by atoms with Gasteiger partial charge in [-0.3, -0.25) is 4.79 Å². The molecule has 0 radical (unpaired) electrons. The van der Waals surface area contributed by atoms with Crippen LogP contribution in [-0.4, -0.2) is 44.9 Å². The number of hydrogen-bond acceptors (Lipinski definition) is 4. The molecule has 0 bridgehead atoms. The number of nitrogens with one attached hydrogen (secondary N) is 1. The maximum absolute atomic E-state index is 12.0. The Labute approximate surface area is 113 Å². The third-order valence-electron chi connectivity index (χ3n) is 3.06. The lowest BCUT2D eigenvalue weighted by Crippen LogP contribution is -2.49. The Balaban J connectivity index is 2.50. The largest absolute Gasteiger partial charge is 0.341 e. The van der Waals surface area contributed by atoms with E-state index in [0.717, 1.165) is 12.8 Å². The number of amides is 1. The zero-order chi connectivity index (χ0) is 14.5. The van der Waals surface area contributed by atoms with Gasteiger partial charge in [-0.25, -0.2) is 9.86 Å². The van der Waals surface area contributed by atoms with Gasteiger partial charge in [0.1, 0.15) is 0 Å². The van der Waals surface area contributed by atoms with E-state index < -0.39 is 16.3 Å². The molecule has 2 atom stereocenters. The van der Waals surface area contributed by atoms with Crippen LogP contribution in [0.1, 0.15) is 19.3 Å². The molecule has 0 spiro atoms. The van der Waals surface area contributed by atoms with Gasteiger partial charge in [0.05, 0.1) is 6.04 Å². The Morgan fingerprint density at radius 3 is 2.84 bits per heavy atom. The van der Waals surface area contributed by atoms with Gasteiger partial charge in [0, 0.05) is 26.1 Å². The summed E-state index contributed by atoms with van der Waals surface area (Å²) in [6, 6.07) is -0.685. The maximum Gasteiger partial charge on any atom is 0.274 e. The predicted octanol–water partition coefficient (Wildman–Crippen LogP) is -1.63. The van der Waals surface area contributed by atoms with Gasteiger partial charge in [0.15, 0.2) is 0 Å². The minimum atomic E-state index is -3.69. The van der Waals surface area contributed by atoms with E-state index in [1.807, 2.05) is 0 Å². The number of carbonyl (C=O) groups excluding carboxylic acids is 1. The zero-order valence-corrected chi connectivity index (χ0v) is 11.5. The van der Waals surface area contributed by atoms with Crippen molar-refractivity contribution in [3.8, 4) is 12.3 Å². The fourth-order valence-electron chi connectivity index (χ4n) is 2.11. The van der Waals surface area contributed by atoms with E-state index in [0.29, 0.717) is 13.1 Å². The molecule has 5 N–H and O–H groups in total. The van der Waals surface area contributed by atoms with Crippen molar-refractivity contribution in [3.05, 3.63) is 0 Å². The SMILES string of the molecule is C#CCC(N)C(=O)N1CCCC(CNS(N)(=O)=O)C1. The molecule has 8 heteroatoms. The second-order valence-corrected chi connectivity index (χ2v) is 6.08. The van der Waals surface area contributed by atoms with Gasteiger partial charge < -0.3 is 10.6 Å². The molecule has 1 aliphatic heterocycles. The average Bonchev–Trinajstić information content (AvgIpc) is 2.35. The van der Waals surface area contributed by atoms with E-state index in [1.54, 1.807) is 4.90 Å². The first-order chi connectivity index (χ1) is 8.83. The Morgan fingerprint density at radius 1 is 1.58 bits per heavy atom. The molecule has 19 heavy (non-hydrogen) atoms. The molecule has 0 aromatic carbocycles. The minimum Gasteiger partial charge on any atom is -0.341 e. The molecule has 1 amide bonds. The summed E-state index contributed by atoms with van der Waals surface area (Å²) in [5.74, 6) is 2.23. The molecule has 1 heterocycles. The van der Waals surface area contributed by atoms with Gasteiger partial charge in [-0.1, -0.05) is 0 Å². The Bertz CT molecular complexity index is 457. The lowest BCUT2D eigenvalue weighted by Gasteiger charge is -2.34. The van der Waals surface area contributed by atoms with E-state index in [2.05, 4.69) is 10.6 Å². The van der Waals surface area contributed by atoms with Crippen molar-refractivity contribution < 1.29 is 13.2 Å². The molecule has 0 aliphatic carbocycles. The third kappa shape index (κ3) is 5.57. The van der Waals surface area contributed by atoms with Gasteiger partial charge in [0.2, 0.25) is 5.91 Å². The molecule has 1 aliphatic rings. The lowest BCUT2D eigenvalue weighted by molar-refractivity contribution is -0.134.